The number of rotatable bonds is 1. The van der Waals surface area contributed by atoms with Gasteiger partial charge in [-0.05, 0) is 38.2 Å². The van der Waals surface area contributed by atoms with Crippen LogP contribution in [0.1, 0.15) is 33.6 Å². The molecule has 0 aromatic carbocycles. The molecule has 10 heavy (non-hydrogen) atoms. The third kappa shape index (κ3) is 1.31. The Morgan fingerprint density at radius 1 is 1.50 bits per heavy atom. The SMILES string of the molecule is C/C=C\C1=C(C)CCC1C. The number of hydrogen-bond donors (Lipinski definition) is 0. The van der Waals surface area contributed by atoms with Gasteiger partial charge in [0.05, 0.1) is 0 Å². The number of allylic oxidation sites excluding steroid dienone is 4. The maximum Gasteiger partial charge on any atom is -0.0188 e. The first kappa shape index (κ1) is 7.59. The third-order valence-electron chi connectivity index (χ3n) is 2.32. The highest BCUT2D eigenvalue weighted by Crippen LogP contribution is 2.31. The lowest BCUT2D eigenvalue weighted by Gasteiger charge is -2.02. The fourth-order valence-corrected chi connectivity index (χ4v) is 1.64. The van der Waals surface area contributed by atoms with Crippen molar-refractivity contribution in [2.75, 3.05) is 0 Å². The molecule has 0 N–H and O–H groups in total. The van der Waals surface area contributed by atoms with E-state index in [1.165, 1.54) is 12.8 Å². The van der Waals surface area contributed by atoms with Gasteiger partial charge in [-0.25, -0.2) is 0 Å². The Morgan fingerprint density at radius 3 is 2.60 bits per heavy atom. The lowest BCUT2D eigenvalue weighted by atomic mass is 10.0. The van der Waals surface area contributed by atoms with Crippen molar-refractivity contribution in [2.45, 2.75) is 33.6 Å². The van der Waals surface area contributed by atoms with Gasteiger partial charge in [0.25, 0.3) is 0 Å². The predicted molar refractivity (Wildman–Crippen MR) is 45.9 cm³/mol. The molecule has 0 aromatic rings. The summed E-state index contributed by atoms with van der Waals surface area (Å²) in [6.07, 6.45) is 7.06. The van der Waals surface area contributed by atoms with Gasteiger partial charge in [-0.2, -0.15) is 0 Å². The van der Waals surface area contributed by atoms with Gasteiger partial charge in [-0.1, -0.05) is 24.6 Å². The van der Waals surface area contributed by atoms with Crippen LogP contribution < -0.4 is 0 Å². The Bertz CT molecular complexity index is 172. The Kier molecular flexibility index (Phi) is 2.31. The van der Waals surface area contributed by atoms with E-state index in [1.807, 2.05) is 0 Å². The lowest BCUT2D eigenvalue weighted by Crippen LogP contribution is -1.88. The molecule has 0 heteroatoms. The van der Waals surface area contributed by atoms with Crippen LogP contribution >= 0.6 is 0 Å². The molecule has 0 saturated heterocycles. The Balaban J connectivity index is 2.77. The quantitative estimate of drug-likeness (QED) is 0.518. The van der Waals surface area contributed by atoms with Crippen molar-refractivity contribution in [3.05, 3.63) is 23.3 Å². The second-order valence-electron chi connectivity index (χ2n) is 3.18. The van der Waals surface area contributed by atoms with Crippen LogP contribution in [0.15, 0.2) is 23.3 Å². The monoisotopic (exact) mass is 136 g/mol. The summed E-state index contributed by atoms with van der Waals surface area (Å²) < 4.78 is 0. The molecular weight excluding hydrogens is 120 g/mol. The van der Waals surface area contributed by atoms with Gasteiger partial charge in [0.2, 0.25) is 0 Å². The zero-order chi connectivity index (χ0) is 7.56. The van der Waals surface area contributed by atoms with Gasteiger partial charge < -0.3 is 0 Å². The molecular formula is C10H16. The van der Waals surface area contributed by atoms with Crippen LogP contribution in [0.4, 0.5) is 0 Å². The first-order chi connectivity index (χ1) is 4.75. The highest BCUT2D eigenvalue weighted by atomic mass is 14.2. The molecule has 0 bridgehead atoms. The van der Waals surface area contributed by atoms with E-state index >= 15 is 0 Å². The fraction of sp³-hybridized carbons (Fsp3) is 0.600. The molecule has 0 heterocycles. The van der Waals surface area contributed by atoms with Crippen molar-refractivity contribution in [3.8, 4) is 0 Å². The zero-order valence-corrected chi connectivity index (χ0v) is 7.15. The molecule has 56 valence electrons. The summed E-state index contributed by atoms with van der Waals surface area (Å²) in [5, 5.41) is 0. The van der Waals surface area contributed by atoms with E-state index in [0.717, 1.165) is 5.92 Å². The zero-order valence-electron chi connectivity index (χ0n) is 7.15. The lowest BCUT2D eigenvalue weighted by molar-refractivity contribution is 0.679. The summed E-state index contributed by atoms with van der Waals surface area (Å²) in [5.74, 6) is 0.802. The van der Waals surface area contributed by atoms with Gasteiger partial charge in [-0.15, -0.1) is 0 Å². The van der Waals surface area contributed by atoms with E-state index in [0.29, 0.717) is 0 Å². The van der Waals surface area contributed by atoms with Gasteiger partial charge >= 0.3 is 0 Å². The maximum absolute atomic E-state index is 2.31. The highest BCUT2D eigenvalue weighted by Gasteiger charge is 2.15. The molecule has 1 unspecified atom stereocenters. The Labute approximate surface area is 63.6 Å². The van der Waals surface area contributed by atoms with Crippen LogP contribution in [0.5, 0.6) is 0 Å². The molecule has 1 rings (SSSR count). The summed E-state index contributed by atoms with van der Waals surface area (Å²) in [5.41, 5.74) is 3.16. The predicted octanol–water partition coefficient (Wildman–Crippen LogP) is 3.31. The van der Waals surface area contributed by atoms with Crippen molar-refractivity contribution >= 4 is 0 Å². The molecule has 0 fully saturated rings. The van der Waals surface area contributed by atoms with Crippen LogP contribution in [0, 0.1) is 5.92 Å². The molecule has 0 aromatic heterocycles. The molecule has 1 aliphatic rings. The largest absolute Gasteiger partial charge is 0.0874 e. The summed E-state index contributed by atoms with van der Waals surface area (Å²) in [6.45, 7) is 6.65. The van der Waals surface area contributed by atoms with Crippen molar-refractivity contribution in [1.29, 1.82) is 0 Å². The third-order valence-corrected chi connectivity index (χ3v) is 2.32. The molecule has 0 aliphatic heterocycles. The van der Waals surface area contributed by atoms with Gasteiger partial charge in [-0.3, -0.25) is 0 Å². The van der Waals surface area contributed by atoms with Gasteiger partial charge in [0, 0.05) is 0 Å². The Morgan fingerprint density at radius 2 is 2.20 bits per heavy atom. The minimum Gasteiger partial charge on any atom is -0.0874 e. The van der Waals surface area contributed by atoms with Crippen molar-refractivity contribution in [2.24, 2.45) is 5.92 Å². The second kappa shape index (κ2) is 3.05. The normalized spacial score (nSPS) is 26.9. The molecule has 1 aliphatic carbocycles. The highest BCUT2D eigenvalue weighted by molar-refractivity contribution is 5.30. The smallest absolute Gasteiger partial charge is 0.0188 e. The van der Waals surface area contributed by atoms with Crippen LogP contribution in [-0.2, 0) is 0 Å². The minimum atomic E-state index is 0.802. The van der Waals surface area contributed by atoms with Gasteiger partial charge in [0.15, 0.2) is 0 Å². The van der Waals surface area contributed by atoms with E-state index in [4.69, 9.17) is 0 Å². The maximum atomic E-state index is 2.31. The second-order valence-corrected chi connectivity index (χ2v) is 3.18. The van der Waals surface area contributed by atoms with E-state index in [-0.39, 0.29) is 0 Å². The van der Waals surface area contributed by atoms with Crippen LogP contribution in [0.3, 0.4) is 0 Å². The Hall–Kier alpha value is -0.520. The average molecular weight is 136 g/mol. The van der Waals surface area contributed by atoms with E-state index in [2.05, 4.69) is 32.9 Å². The molecule has 0 nitrogen and oxygen atoms in total. The van der Waals surface area contributed by atoms with Crippen LogP contribution in [0.25, 0.3) is 0 Å². The van der Waals surface area contributed by atoms with Gasteiger partial charge in [0.1, 0.15) is 0 Å². The average Bonchev–Trinajstić information content (AvgIpc) is 2.20. The van der Waals surface area contributed by atoms with Crippen molar-refractivity contribution in [1.82, 2.24) is 0 Å². The first-order valence-corrected chi connectivity index (χ1v) is 4.08. The fourth-order valence-electron chi connectivity index (χ4n) is 1.64. The summed E-state index contributed by atoms with van der Waals surface area (Å²) in [7, 11) is 0. The molecule has 0 amide bonds. The van der Waals surface area contributed by atoms with Crippen molar-refractivity contribution in [3.63, 3.8) is 0 Å². The standard InChI is InChI=1S/C10H16/c1-4-5-10-8(2)6-7-9(10)3/h4-5,8H,6-7H2,1-3H3/b5-4-. The minimum absolute atomic E-state index is 0.802. The number of hydrogen-bond acceptors (Lipinski definition) is 0. The van der Waals surface area contributed by atoms with Crippen molar-refractivity contribution < 1.29 is 0 Å². The summed E-state index contributed by atoms with van der Waals surface area (Å²) in [6, 6.07) is 0. The molecule has 0 radical (unpaired) electrons. The van der Waals surface area contributed by atoms with E-state index in [9.17, 15) is 0 Å². The van der Waals surface area contributed by atoms with Crippen LogP contribution in [0.2, 0.25) is 0 Å². The van der Waals surface area contributed by atoms with E-state index < -0.39 is 0 Å². The van der Waals surface area contributed by atoms with Crippen LogP contribution in [-0.4, -0.2) is 0 Å². The molecule has 0 saturated carbocycles. The first-order valence-electron chi connectivity index (χ1n) is 4.08. The summed E-state index contributed by atoms with van der Waals surface area (Å²) in [4.78, 5) is 0. The molecule has 1 atom stereocenters. The van der Waals surface area contributed by atoms with E-state index in [1.54, 1.807) is 11.1 Å². The topological polar surface area (TPSA) is 0 Å². The molecule has 0 spiro atoms. The summed E-state index contributed by atoms with van der Waals surface area (Å²) >= 11 is 0.